The molecular weight excluding hydrogens is 303 g/mol. The summed E-state index contributed by atoms with van der Waals surface area (Å²) in [6.07, 6.45) is 0.597. The van der Waals surface area contributed by atoms with E-state index < -0.39 is 0 Å². The average molecular weight is 316 g/mol. The van der Waals surface area contributed by atoms with Crippen LogP contribution in [-0.2, 0) is 6.42 Å². The Morgan fingerprint density at radius 2 is 1.58 bits per heavy atom. The Balaban J connectivity index is 2.30. The molecule has 1 N–H and O–H groups in total. The Hall–Kier alpha value is -0.730. The number of hydrogen-bond donors (Lipinski definition) is 1. The van der Waals surface area contributed by atoms with Crippen LogP contribution < -0.4 is 0 Å². The van der Waals surface area contributed by atoms with Crippen LogP contribution in [0.2, 0.25) is 15.1 Å². The highest BCUT2D eigenvalue weighted by atomic mass is 35.5. The Morgan fingerprint density at radius 3 is 2.26 bits per heavy atom. The van der Waals surface area contributed by atoms with Gasteiger partial charge >= 0.3 is 0 Å². The molecule has 1 atom stereocenters. The molecule has 2 rings (SSSR count). The molecule has 100 valence electrons. The number of halogens is 3. The highest BCUT2D eigenvalue weighted by molar-refractivity contribution is 6.42. The smallest absolute Gasteiger partial charge is 0.0624 e. The first kappa shape index (κ1) is 14.7. The molecule has 0 fully saturated rings. The quantitative estimate of drug-likeness (QED) is 0.845. The topological polar surface area (TPSA) is 20.2 Å². The molecular formula is C15H13Cl3O. The van der Waals surface area contributed by atoms with Crippen molar-refractivity contribution in [3.8, 4) is 0 Å². The van der Waals surface area contributed by atoms with Crippen molar-refractivity contribution in [2.45, 2.75) is 12.3 Å². The molecule has 1 unspecified atom stereocenters. The lowest BCUT2D eigenvalue weighted by Gasteiger charge is -2.17. The van der Waals surface area contributed by atoms with Crippen molar-refractivity contribution in [3.63, 3.8) is 0 Å². The monoisotopic (exact) mass is 314 g/mol. The highest BCUT2D eigenvalue weighted by Crippen LogP contribution is 2.32. The van der Waals surface area contributed by atoms with Gasteiger partial charge in [0.2, 0.25) is 0 Å². The molecule has 0 aromatic heterocycles. The van der Waals surface area contributed by atoms with E-state index in [0.29, 0.717) is 21.5 Å². The SMILES string of the molecule is OCC(Cc1cccc(Cl)c1Cl)c1ccccc1Cl. The van der Waals surface area contributed by atoms with Gasteiger partial charge in [-0.15, -0.1) is 0 Å². The molecule has 19 heavy (non-hydrogen) atoms. The van der Waals surface area contributed by atoms with Gasteiger partial charge in [-0.25, -0.2) is 0 Å². The van der Waals surface area contributed by atoms with E-state index in [1.165, 1.54) is 0 Å². The average Bonchev–Trinajstić information content (AvgIpc) is 2.41. The minimum Gasteiger partial charge on any atom is -0.396 e. The lowest BCUT2D eigenvalue weighted by Crippen LogP contribution is -2.08. The van der Waals surface area contributed by atoms with Crippen LogP contribution in [-0.4, -0.2) is 11.7 Å². The summed E-state index contributed by atoms with van der Waals surface area (Å²) in [6.45, 7) is 0.00652. The fraction of sp³-hybridized carbons (Fsp3) is 0.200. The second-order valence-corrected chi connectivity index (χ2v) is 5.51. The first-order chi connectivity index (χ1) is 9.13. The third-order valence-corrected chi connectivity index (χ3v) is 4.27. The molecule has 0 aliphatic rings. The first-order valence-electron chi connectivity index (χ1n) is 5.91. The van der Waals surface area contributed by atoms with Crippen LogP contribution in [0.25, 0.3) is 0 Å². The predicted octanol–water partition coefficient (Wildman–Crippen LogP) is 4.97. The van der Waals surface area contributed by atoms with Gasteiger partial charge in [-0.1, -0.05) is 65.1 Å². The normalized spacial score (nSPS) is 12.4. The molecule has 0 saturated carbocycles. The van der Waals surface area contributed by atoms with Crippen molar-refractivity contribution < 1.29 is 5.11 Å². The number of benzene rings is 2. The van der Waals surface area contributed by atoms with E-state index in [9.17, 15) is 5.11 Å². The number of hydrogen-bond acceptors (Lipinski definition) is 1. The van der Waals surface area contributed by atoms with Crippen molar-refractivity contribution in [3.05, 3.63) is 68.7 Å². The summed E-state index contributed by atoms with van der Waals surface area (Å²) >= 11 is 18.3. The maximum absolute atomic E-state index is 9.59. The summed E-state index contributed by atoms with van der Waals surface area (Å²) in [6, 6.07) is 13.0. The maximum Gasteiger partial charge on any atom is 0.0624 e. The lowest BCUT2D eigenvalue weighted by molar-refractivity contribution is 0.264. The van der Waals surface area contributed by atoms with Crippen LogP contribution in [0.4, 0.5) is 0 Å². The standard InChI is InChI=1S/C15H13Cl3O/c16-13-6-2-1-5-12(13)11(9-19)8-10-4-3-7-14(17)15(10)18/h1-7,11,19H,8-9H2. The van der Waals surface area contributed by atoms with E-state index in [2.05, 4.69) is 0 Å². The molecule has 1 nitrogen and oxygen atoms in total. The predicted molar refractivity (Wildman–Crippen MR) is 81.4 cm³/mol. The van der Waals surface area contributed by atoms with Gasteiger partial charge < -0.3 is 5.11 Å². The van der Waals surface area contributed by atoms with E-state index in [0.717, 1.165) is 11.1 Å². The van der Waals surface area contributed by atoms with E-state index in [1.807, 2.05) is 36.4 Å². The van der Waals surface area contributed by atoms with Gasteiger partial charge in [0.1, 0.15) is 0 Å². The van der Waals surface area contributed by atoms with Crippen molar-refractivity contribution in [2.24, 2.45) is 0 Å². The van der Waals surface area contributed by atoms with Crippen molar-refractivity contribution in [1.82, 2.24) is 0 Å². The molecule has 0 amide bonds. The minimum absolute atomic E-state index is 0.00652. The summed E-state index contributed by atoms with van der Waals surface area (Å²) in [5.74, 6) is -0.0929. The van der Waals surface area contributed by atoms with Crippen LogP contribution in [0, 0.1) is 0 Å². The van der Waals surface area contributed by atoms with E-state index >= 15 is 0 Å². The highest BCUT2D eigenvalue weighted by Gasteiger charge is 2.16. The molecule has 0 heterocycles. The van der Waals surface area contributed by atoms with Crippen LogP contribution in [0.1, 0.15) is 17.0 Å². The third kappa shape index (κ3) is 3.43. The summed E-state index contributed by atoms with van der Waals surface area (Å²) < 4.78 is 0. The second kappa shape index (κ2) is 6.62. The fourth-order valence-electron chi connectivity index (χ4n) is 2.05. The summed E-state index contributed by atoms with van der Waals surface area (Å²) in [5.41, 5.74) is 1.83. The minimum atomic E-state index is -0.0929. The lowest BCUT2D eigenvalue weighted by atomic mass is 9.92. The van der Waals surface area contributed by atoms with Gasteiger partial charge in [0.25, 0.3) is 0 Å². The second-order valence-electron chi connectivity index (χ2n) is 4.32. The summed E-state index contributed by atoms with van der Waals surface area (Å²) in [7, 11) is 0. The van der Waals surface area contributed by atoms with Gasteiger partial charge in [-0.05, 0) is 29.7 Å². The molecule has 0 saturated heterocycles. The Bertz CT molecular complexity index is 569. The van der Waals surface area contributed by atoms with E-state index in [4.69, 9.17) is 34.8 Å². The molecule has 0 aliphatic carbocycles. The third-order valence-electron chi connectivity index (χ3n) is 3.06. The van der Waals surface area contributed by atoms with Gasteiger partial charge in [0.05, 0.1) is 16.7 Å². The van der Waals surface area contributed by atoms with Gasteiger partial charge in [-0.3, -0.25) is 0 Å². The zero-order chi connectivity index (χ0) is 13.8. The Kier molecular flexibility index (Phi) is 5.12. The molecule has 0 aliphatic heterocycles. The first-order valence-corrected chi connectivity index (χ1v) is 7.05. The Morgan fingerprint density at radius 1 is 0.895 bits per heavy atom. The van der Waals surface area contributed by atoms with E-state index in [1.54, 1.807) is 6.07 Å². The molecule has 2 aromatic rings. The zero-order valence-electron chi connectivity index (χ0n) is 10.1. The number of rotatable bonds is 4. The largest absolute Gasteiger partial charge is 0.396 e. The Labute approximate surface area is 127 Å². The zero-order valence-corrected chi connectivity index (χ0v) is 12.4. The van der Waals surface area contributed by atoms with Crippen molar-refractivity contribution in [1.29, 1.82) is 0 Å². The number of aliphatic hydroxyl groups excluding tert-OH is 1. The van der Waals surface area contributed by atoms with Gasteiger partial charge in [0.15, 0.2) is 0 Å². The maximum atomic E-state index is 9.59. The van der Waals surface area contributed by atoms with Crippen LogP contribution >= 0.6 is 34.8 Å². The molecule has 2 aromatic carbocycles. The molecule has 0 bridgehead atoms. The van der Waals surface area contributed by atoms with Crippen molar-refractivity contribution in [2.75, 3.05) is 6.61 Å². The fourth-order valence-corrected chi connectivity index (χ4v) is 2.74. The van der Waals surface area contributed by atoms with Crippen molar-refractivity contribution >= 4 is 34.8 Å². The van der Waals surface area contributed by atoms with Crippen LogP contribution in [0.5, 0.6) is 0 Å². The van der Waals surface area contributed by atoms with E-state index in [-0.39, 0.29) is 12.5 Å². The summed E-state index contributed by atoms with van der Waals surface area (Å²) in [4.78, 5) is 0. The summed E-state index contributed by atoms with van der Waals surface area (Å²) in [5, 5.41) is 11.3. The van der Waals surface area contributed by atoms with Gasteiger partial charge in [0, 0.05) is 10.9 Å². The van der Waals surface area contributed by atoms with Crippen LogP contribution in [0.15, 0.2) is 42.5 Å². The molecule has 0 spiro atoms. The van der Waals surface area contributed by atoms with Gasteiger partial charge in [-0.2, -0.15) is 0 Å². The van der Waals surface area contributed by atoms with Crippen LogP contribution in [0.3, 0.4) is 0 Å². The number of aliphatic hydroxyl groups is 1. The molecule has 0 radical (unpaired) electrons. The molecule has 4 heteroatoms.